The van der Waals surface area contributed by atoms with Crippen LogP contribution in [-0.2, 0) is 4.74 Å². The zero-order valence-corrected chi connectivity index (χ0v) is 15.2. The fraction of sp³-hybridized carbons (Fsp3) is 0.381. The van der Waals surface area contributed by atoms with Gasteiger partial charge in [0.05, 0.1) is 19.8 Å². The van der Waals surface area contributed by atoms with Crippen LogP contribution < -0.4 is 10.1 Å². The fourth-order valence-corrected chi connectivity index (χ4v) is 2.87. The summed E-state index contributed by atoms with van der Waals surface area (Å²) in [5.74, 6) is 0.826. The molecule has 1 unspecified atom stereocenters. The van der Waals surface area contributed by atoms with Gasteiger partial charge in [0.25, 0.3) is 0 Å². The zero-order chi connectivity index (χ0) is 18.2. The summed E-state index contributed by atoms with van der Waals surface area (Å²) in [4.78, 5) is 14.4. The highest BCUT2D eigenvalue weighted by Crippen LogP contribution is 2.23. The van der Waals surface area contributed by atoms with Gasteiger partial charge in [0.1, 0.15) is 11.9 Å². The molecule has 1 aliphatic rings. The van der Waals surface area contributed by atoms with Gasteiger partial charge in [-0.1, -0.05) is 43.7 Å². The van der Waals surface area contributed by atoms with Gasteiger partial charge < -0.3 is 19.7 Å². The van der Waals surface area contributed by atoms with E-state index in [2.05, 4.69) is 12.2 Å². The number of ether oxygens (including phenoxy) is 2. The third-order valence-electron chi connectivity index (χ3n) is 4.40. The molecule has 1 N–H and O–H groups in total. The minimum absolute atomic E-state index is 0.0787. The summed E-state index contributed by atoms with van der Waals surface area (Å²) in [6, 6.07) is 17.4. The van der Waals surface area contributed by atoms with Crippen LogP contribution in [-0.4, -0.2) is 37.2 Å². The van der Waals surface area contributed by atoms with Crippen molar-refractivity contribution in [3.05, 3.63) is 60.2 Å². The van der Waals surface area contributed by atoms with Crippen molar-refractivity contribution in [2.75, 3.05) is 31.6 Å². The number of urea groups is 1. The van der Waals surface area contributed by atoms with Gasteiger partial charge in [0, 0.05) is 12.2 Å². The van der Waals surface area contributed by atoms with Crippen LogP contribution in [0.2, 0.25) is 0 Å². The number of hydrogen-bond acceptors (Lipinski definition) is 3. The Hall–Kier alpha value is -2.53. The Balaban J connectivity index is 1.54. The molecule has 2 aromatic rings. The predicted molar refractivity (Wildman–Crippen MR) is 103 cm³/mol. The van der Waals surface area contributed by atoms with Crippen LogP contribution in [0.5, 0.6) is 5.75 Å². The van der Waals surface area contributed by atoms with E-state index in [4.69, 9.17) is 9.47 Å². The van der Waals surface area contributed by atoms with Gasteiger partial charge in [-0.05, 0) is 36.2 Å². The molecular formula is C21H26N2O3. The largest absolute Gasteiger partial charge is 0.494 e. The molecule has 1 heterocycles. The number of carbonyl (C=O) groups is 1. The molecule has 0 aliphatic carbocycles. The Bertz CT molecular complexity index is 688. The van der Waals surface area contributed by atoms with Gasteiger partial charge in [-0.2, -0.15) is 0 Å². The highest BCUT2D eigenvalue weighted by Gasteiger charge is 2.25. The number of anilines is 1. The molecule has 0 radical (unpaired) electrons. The Morgan fingerprint density at radius 1 is 1.19 bits per heavy atom. The molecule has 26 heavy (non-hydrogen) atoms. The van der Waals surface area contributed by atoms with Crippen molar-refractivity contribution in [2.24, 2.45) is 0 Å². The standard InChI is InChI=1S/C21H26N2O3/c1-2-3-14-25-19-11-9-18(10-12-19)22-21(24)23-13-15-26-20(16-23)17-7-5-4-6-8-17/h4-12,20H,2-3,13-16H2,1H3,(H,22,24). The van der Waals surface area contributed by atoms with E-state index in [1.54, 1.807) is 4.90 Å². The van der Waals surface area contributed by atoms with E-state index in [0.29, 0.717) is 19.7 Å². The molecule has 1 saturated heterocycles. The highest BCUT2D eigenvalue weighted by molar-refractivity contribution is 5.89. The summed E-state index contributed by atoms with van der Waals surface area (Å²) < 4.78 is 11.5. The average Bonchev–Trinajstić information content (AvgIpc) is 2.70. The average molecular weight is 354 g/mol. The number of carbonyl (C=O) groups excluding carboxylic acids is 1. The number of unbranched alkanes of at least 4 members (excludes halogenated alkanes) is 1. The van der Waals surface area contributed by atoms with E-state index in [9.17, 15) is 4.79 Å². The predicted octanol–water partition coefficient (Wildman–Crippen LogP) is 4.47. The molecular weight excluding hydrogens is 328 g/mol. The molecule has 1 aliphatic heterocycles. The summed E-state index contributed by atoms with van der Waals surface area (Å²) in [5, 5.41) is 2.95. The van der Waals surface area contributed by atoms with Crippen molar-refractivity contribution in [1.82, 2.24) is 4.90 Å². The van der Waals surface area contributed by atoms with Crippen molar-refractivity contribution >= 4 is 11.7 Å². The van der Waals surface area contributed by atoms with Gasteiger partial charge in [0.15, 0.2) is 0 Å². The Kier molecular flexibility index (Phi) is 6.50. The Morgan fingerprint density at radius 2 is 1.96 bits per heavy atom. The number of hydrogen-bond donors (Lipinski definition) is 1. The molecule has 3 rings (SSSR count). The van der Waals surface area contributed by atoms with E-state index >= 15 is 0 Å². The first-order valence-corrected chi connectivity index (χ1v) is 9.21. The van der Waals surface area contributed by atoms with E-state index in [-0.39, 0.29) is 12.1 Å². The first-order valence-electron chi connectivity index (χ1n) is 9.21. The van der Waals surface area contributed by atoms with Crippen LogP contribution in [0.3, 0.4) is 0 Å². The first-order chi connectivity index (χ1) is 12.8. The number of rotatable bonds is 6. The van der Waals surface area contributed by atoms with Crippen LogP contribution in [0.15, 0.2) is 54.6 Å². The minimum Gasteiger partial charge on any atom is -0.494 e. The molecule has 2 aromatic carbocycles. The topological polar surface area (TPSA) is 50.8 Å². The molecule has 5 heteroatoms. The van der Waals surface area contributed by atoms with E-state index in [1.165, 1.54) is 0 Å². The van der Waals surface area contributed by atoms with Crippen molar-refractivity contribution in [3.63, 3.8) is 0 Å². The second-order valence-corrected chi connectivity index (χ2v) is 6.37. The lowest BCUT2D eigenvalue weighted by molar-refractivity contribution is -0.0135. The Morgan fingerprint density at radius 3 is 2.69 bits per heavy atom. The quantitative estimate of drug-likeness (QED) is 0.779. The molecule has 0 spiro atoms. The maximum atomic E-state index is 12.6. The highest BCUT2D eigenvalue weighted by atomic mass is 16.5. The van der Waals surface area contributed by atoms with Gasteiger partial charge in [0.2, 0.25) is 0 Å². The van der Waals surface area contributed by atoms with E-state index < -0.39 is 0 Å². The van der Waals surface area contributed by atoms with Crippen LogP contribution in [0.1, 0.15) is 31.4 Å². The lowest BCUT2D eigenvalue weighted by Gasteiger charge is -2.33. The summed E-state index contributed by atoms with van der Waals surface area (Å²) in [5.41, 5.74) is 1.86. The summed E-state index contributed by atoms with van der Waals surface area (Å²) in [7, 11) is 0. The summed E-state index contributed by atoms with van der Waals surface area (Å²) >= 11 is 0. The van der Waals surface area contributed by atoms with Crippen molar-refractivity contribution in [1.29, 1.82) is 0 Å². The zero-order valence-electron chi connectivity index (χ0n) is 15.2. The van der Waals surface area contributed by atoms with Gasteiger partial charge in [-0.15, -0.1) is 0 Å². The molecule has 0 bridgehead atoms. The maximum absolute atomic E-state index is 12.6. The molecule has 1 atom stereocenters. The number of amides is 2. The van der Waals surface area contributed by atoms with Gasteiger partial charge >= 0.3 is 6.03 Å². The number of benzene rings is 2. The summed E-state index contributed by atoms with van der Waals surface area (Å²) in [6.07, 6.45) is 2.07. The third kappa shape index (κ3) is 4.99. The number of morpholine rings is 1. The maximum Gasteiger partial charge on any atom is 0.322 e. The minimum atomic E-state index is -0.103. The second-order valence-electron chi connectivity index (χ2n) is 6.37. The van der Waals surface area contributed by atoms with Gasteiger partial charge in [-0.25, -0.2) is 4.79 Å². The third-order valence-corrected chi connectivity index (χ3v) is 4.40. The number of nitrogens with one attached hydrogen (secondary N) is 1. The SMILES string of the molecule is CCCCOc1ccc(NC(=O)N2CCOC(c3ccccc3)C2)cc1. The molecule has 0 saturated carbocycles. The summed E-state index contributed by atoms with van der Waals surface area (Å²) in [6.45, 7) is 4.53. The van der Waals surface area contributed by atoms with Crippen LogP contribution >= 0.6 is 0 Å². The number of nitrogens with zero attached hydrogens (tertiary/aromatic N) is 1. The lowest BCUT2D eigenvalue weighted by Crippen LogP contribution is -2.44. The van der Waals surface area contributed by atoms with Crippen LogP contribution in [0.4, 0.5) is 10.5 Å². The first kappa shape index (κ1) is 18.3. The second kappa shape index (κ2) is 9.25. The monoisotopic (exact) mass is 354 g/mol. The van der Waals surface area contributed by atoms with Crippen molar-refractivity contribution < 1.29 is 14.3 Å². The van der Waals surface area contributed by atoms with Gasteiger partial charge in [-0.3, -0.25) is 0 Å². The van der Waals surface area contributed by atoms with Crippen molar-refractivity contribution in [3.8, 4) is 5.75 Å². The fourth-order valence-electron chi connectivity index (χ4n) is 2.87. The molecule has 2 amide bonds. The molecule has 5 nitrogen and oxygen atoms in total. The van der Waals surface area contributed by atoms with Crippen LogP contribution in [0, 0.1) is 0 Å². The normalized spacial score (nSPS) is 17.0. The smallest absolute Gasteiger partial charge is 0.322 e. The van der Waals surface area contributed by atoms with E-state index in [1.807, 2.05) is 54.6 Å². The van der Waals surface area contributed by atoms with Crippen LogP contribution in [0.25, 0.3) is 0 Å². The Labute approximate surface area is 154 Å². The molecule has 1 fully saturated rings. The molecule has 0 aromatic heterocycles. The molecule has 138 valence electrons. The lowest BCUT2D eigenvalue weighted by atomic mass is 10.1. The van der Waals surface area contributed by atoms with Crippen molar-refractivity contribution in [2.45, 2.75) is 25.9 Å². The van der Waals surface area contributed by atoms with E-state index in [0.717, 1.165) is 36.4 Å².